The highest BCUT2D eigenvalue weighted by Crippen LogP contribution is 2.26. The Hall–Kier alpha value is -1.12. The average molecular weight is 342 g/mol. The quantitative estimate of drug-likeness (QED) is 0.850. The van der Waals surface area contributed by atoms with Crippen LogP contribution in [-0.2, 0) is 0 Å². The number of benzene rings is 1. The van der Waals surface area contributed by atoms with Crippen LogP contribution in [0, 0.1) is 17.1 Å². The molecule has 0 aromatic heterocycles. The molecule has 1 N–H and O–H groups in total. The molecule has 0 aliphatic carbocycles. The minimum Gasteiger partial charge on any atom is -0.381 e. The van der Waals surface area contributed by atoms with Crippen LogP contribution in [0.4, 0.5) is 10.1 Å². The zero-order valence-corrected chi connectivity index (χ0v) is 14.0. The highest BCUT2D eigenvalue weighted by molar-refractivity contribution is 9.10. The van der Waals surface area contributed by atoms with Crippen molar-refractivity contribution < 1.29 is 4.39 Å². The summed E-state index contributed by atoms with van der Waals surface area (Å²) in [4.78, 5) is 2.34. The Balaban J connectivity index is 2.68. The number of hydrogen-bond donors (Lipinski definition) is 1. The van der Waals surface area contributed by atoms with Crippen molar-refractivity contribution in [1.82, 2.24) is 4.90 Å². The molecule has 0 aliphatic heterocycles. The lowest BCUT2D eigenvalue weighted by atomic mass is 10.2. The van der Waals surface area contributed by atoms with Crippen LogP contribution >= 0.6 is 15.9 Å². The average Bonchev–Trinajstić information content (AvgIpc) is 2.38. The Morgan fingerprint density at radius 1 is 1.30 bits per heavy atom. The molecule has 0 aliphatic rings. The normalized spacial score (nSPS) is 11.2. The van der Waals surface area contributed by atoms with Crippen LogP contribution in [0.5, 0.6) is 0 Å². The summed E-state index contributed by atoms with van der Waals surface area (Å²) in [5.41, 5.74) is 0.724. The summed E-state index contributed by atoms with van der Waals surface area (Å²) in [6.07, 6.45) is 0. The van der Waals surface area contributed by atoms with Crippen molar-refractivity contribution in [2.45, 2.75) is 39.8 Å². The molecule has 0 amide bonds. The monoisotopic (exact) mass is 341 g/mol. The first-order valence-corrected chi connectivity index (χ1v) is 7.55. The summed E-state index contributed by atoms with van der Waals surface area (Å²) in [7, 11) is 0. The van der Waals surface area contributed by atoms with Crippen molar-refractivity contribution in [3.63, 3.8) is 0 Å². The molecule has 0 heterocycles. The van der Waals surface area contributed by atoms with Crippen LogP contribution in [0.2, 0.25) is 0 Å². The van der Waals surface area contributed by atoms with Gasteiger partial charge in [-0.1, -0.05) is 0 Å². The molecule has 0 saturated carbocycles. The summed E-state index contributed by atoms with van der Waals surface area (Å²) < 4.78 is 14.2. The van der Waals surface area contributed by atoms with Gasteiger partial charge in [-0.05, 0) is 55.8 Å². The lowest BCUT2D eigenvalue weighted by molar-refractivity contribution is 0.182. The van der Waals surface area contributed by atoms with Gasteiger partial charge in [0.25, 0.3) is 0 Å². The molecule has 1 rings (SSSR count). The van der Waals surface area contributed by atoms with Gasteiger partial charge in [-0.2, -0.15) is 5.26 Å². The lowest BCUT2D eigenvalue weighted by Gasteiger charge is -2.30. The standard InChI is InChI=1S/C15H21BrFN3/c1-10(2)20(11(3)4)8-7-19-13-6-5-12(9-18)14(16)15(13)17/h5-6,10-11,19H,7-8H2,1-4H3. The van der Waals surface area contributed by atoms with Gasteiger partial charge in [0.1, 0.15) is 6.07 Å². The maximum absolute atomic E-state index is 14.0. The second kappa shape index (κ2) is 7.61. The van der Waals surface area contributed by atoms with Gasteiger partial charge in [-0.15, -0.1) is 0 Å². The molecule has 0 unspecified atom stereocenters. The van der Waals surface area contributed by atoms with Crippen molar-refractivity contribution in [2.75, 3.05) is 18.4 Å². The highest BCUT2D eigenvalue weighted by Gasteiger charge is 2.14. The Labute approximate surface area is 128 Å². The molecule has 20 heavy (non-hydrogen) atoms. The van der Waals surface area contributed by atoms with Crippen LogP contribution in [0.25, 0.3) is 0 Å². The van der Waals surface area contributed by atoms with E-state index in [-0.39, 0.29) is 4.47 Å². The van der Waals surface area contributed by atoms with Gasteiger partial charge in [0, 0.05) is 25.2 Å². The first-order valence-electron chi connectivity index (χ1n) is 6.76. The van der Waals surface area contributed by atoms with Crippen LogP contribution in [0.15, 0.2) is 16.6 Å². The van der Waals surface area contributed by atoms with Crippen molar-refractivity contribution >= 4 is 21.6 Å². The molecular formula is C15H21BrFN3. The smallest absolute Gasteiger partial charge is 0.161 e. The molecule has 0 radical (unpaired) electrons. The van der Waals surface area contributed by atoms with E-state index in [0.717, 1.165) is 6.54 Å². The van der Waals surface area contributed by atoms with Crippen molar-refractivity contribution in [3.8, 4) is 6.07 Å². The Kier molecular flexibility index (Phi) is 6.44. The van der Waals surface area contributed by atoms with Gasteiger partial charge in [0.05, 0.1) is 15.7 Å². The summed E-state index contributed by atoms with van der Waals surface area (Å²) in [6.45, 7) is 10.1. The zero-order chi connectivity index (χ0) is 15.3. The molecule has 0 spiro atoms. The van der Waals surface area contributed by atoms with Crippen LogP contribution in [0.3, 0.4) is 0 Å². The van der Waals surface area contributed by atoms with E-state index in [0.29, 0.717) is 29.9 Å². The number of nitriles is 1. The van der Waals surface area contributed by atoms with Crippen LogP contribution in [0.1, 0.15) is 33.3 Å². The topological polar surface area (TPSA) is 39.1 Å². The molecular weight excluding hydrogens is 321 g/mol. The van der Waals surface area contributed by atoms with E-state index in [4.69, 9.17) is 5.26 Å². The van der Waals surface area contributed by atoms with Gasteiger partial charge in [0.15, 0.2) is 5.82 Å². The number of anilines is 1. The van der Waals surface area contributed by atoms with Gasteiger partial charge < -0.3 is 5.32 Å². The van der Waals surface area contributed by atoms with E-state index in [2.05, 4.69) is 53.8 Å². The Morgan fingerprint density at radius 2 is 1.90 bits per heavy atom. The van der Waals surface area contributed by atoms with Crippen molar-refractivity contribution in [1.29, 1.82) is 5.26 Å². The number of nitrogens with one attached hydrogen (secondary N) is 1. The third-order valence-corrected chi connectivity index (χ3v) is 3.99. The molecule has 0 fully saturated rings. The SMILES string of the molecule is CC(C)N(CCNc1ccc(C#N)c(Br)c1F)C(C)C. The summed E-state index contributed by atoms with van der Waals surface area (Å²) in [5.74, 6) is -0.412. The fourth-order valence-corrected chi connectivity index (χ4v) is 2.64. The van der Waals surface area contributed by atoms with Gasteiger partial charge in [0.2, 0.25) is 0 Å². The van der Waals surface area contributed by atoms with Gasteiger partial charge >= 0.3 is 0 Å². The van der Waals surface area contributed by atoms with Gasteiger partial charge in [-0.3, -0.25) is 4.90 Å². The van der Waals surface area contributed by atoms with Crippen LogP contribution in [-0.4, -0.2) is 30.1 Å². The number of rotatable bonds is 6. The fraction of sp³-hybridized carbons (Fsp3) is 0.533. The fourth-order valence-electron chi connectivity index (χ4n) is 2.20. The predicted octanol–water partition coefficient (Wildman–Crippen LogP) is 3.99. The third kappa shape index (κ3) is 4.19. The summed E-state index contributed by atoms with van der Waals surface area (Å²) in [6, 6.07) is 6.06. The van der Waals surface area contributed by atoms with E-state index in [1.807, 2.05) is 6.07 Å². The maximum atomic E-state index is 14.0. The van der Waals surface area contributed by atoms with Gasteiger partial charge in [-0.25, -0.2) is 4.39 Å². The summed E-state index contributed by atoms with van der Waals surface area (Å²) >= 11 is 3.11. The van der Waals surface area contributed by atoms with E-state index < -0.39 is 5.82 Å². The third-order valence-electron chi connectivity index (χ3n) is 3.21. The molecule has 1 aromatic carbocycles. The molecule has 110 valence electrons. The van der Waals surface area contributed by atoms with Crippen molar-refractivity contribution in [3.05, 3.63) is 28.0 Å². The molecule has 3 nitrogen and oxygen atoms in total. The highest BCUT2D eigenvalue weighted by atomic mass is 79.9. The minimum atomic E-state index is -0.412. The maximum Gasteiger partial charge on any atom is 0.161 e. The molecule has 5 heteroatoms. The second-order valence-electron chi connectivity index (χ2n) is 5.25. The number of halogens is 2. The number of hydrogen-bond acceptors (Lipinski definition) is 3. The minimum absolute atomic E-state index is 0.217. The Morgan fingerprint density at radius 3 is 2.40 bits per heavy atom. The van der Waals surface area contributed by atoms with Crippen LogP contribution < -0.4 is 5.32 Å². The Bertz CT molecular complexity index is 487. The lowest BCUT2D eigenvalue weighted by Crippen LogP contribution is -2.40. The molecule has 1 aromatic rings. The van der Waals surface area contributed by atoms with Crippen molar-refractivity contribution in [2.24, 2.45) is 0 Å². The molecule has 0 saturated heterocycles. The predicted molar refractivity (Wildman–Crippen MR) is 84.3 cm³/mol. The largest absolute Gasteiger partial charge is 0.381 e. The first kappa shape index (κ1) is 16.9. The summed E-state index contributed by atoms with van der Waals surface area (Å²) in [5, 5.41) is 11.9. The van der Waals surface area contributed by atoms with E-state index in [1.165, 1.54) is 0 Å². The first-order chi connectivity index (χ1) is 9.38. The second-order valence-corrected chi connectivity index (χ2v) is 6.05. The zero-order valence-electron chi connectivity index (χ0n) is 12.4. The molecule has 0 bridgehead atoms. The molecule has 0 atom stereocenters. The van der Waals surface area contributed by atoms with E-state index in [9.17, 15) is 4.39 Å². The van der Waals surface area contributed by atoms with E-state index >= 15 is 0 Å². The van der Waals surface area contributed by atoms with E-state index in [1.54, 1.807) is 12.1 Å². The number of nitrogens with zero attached hydrogens (tertiary/aromatic N) is 2.